The topological polar surface area (TPSA) is 74.7 Å². The largest absolute Gasteiger partial charge is 0.481 e. The van der Waals surface area contributed by atoms with E-state index < -0.39 is 17.8 Å². The Hall–Kier alpha value is -3.22. The number of hydrogen-bond donors (Lipinski definition) is 1. The monoisotopic (exact) mass is 471 g/mol. The van der Waals surface area contributed by atoms with E-state index in [1.54, 1.807) is 24.3 Å². The van der Waals surface area contributed by atoms with Crippen LogP contribution in [0.1, 0.15) is 37.4 Å². The number of rotatable bonds is 6. The second-order valence-corrected chi connectivity index (χ2v) is 8.20. The second kappa shape index (κ2) is 8.73. The maximum atomic E-state index is 13.3. The lowest BCUT2D eigenvalue weighted by Crippen LogP contribution is -2.30. The van der Waals surface area contributed by atoms with E-state index in [9.17, 15) is 18.8 Å². The number of aliphatic carboxylic acids is 1. The summed E-state index contributed by atoms with van der Waals surface area (Å²) in [5, 5.41) is 9.20. The Labute approximate surface area is 193 Å². The zero-order chi connectivity index (χ0) is 23.0. The molecule has 0 bridgehead atoms. The molecule has 1 aliphatic rings. The molecule has 32 heavy (non-hydrogen) atoms. The van der Waals surface area contributed by atoms with Gasteiger partial charge in [-0.3, -0.25) is 14.4 Å². The summed E-state index contributed by atoms with van der Waals surface area (Å²) in [4.78, 5) is 38.3. The number of carboxylic acids is 1. The molecule has 4 rings (SSSR count). The molecule has 8 heteroatoms. The van der Waals surface area contributed by atoms with Crippen LogP contribution >= 0.6 is 23.2 Å². The molecule has 0 saturated carbocycles. The predicted octanol–water partition coefficient (Wildman–Crippen LogP) is 5.35. The van der Waals surface area contributed by atoms with Crippen LogP contribution in [-0.4, -0.2) is 22.9 Å². The number of benzene rings is 3. The van der Waals surface area contributed by atoms with Crippen LogP contribution in [-0.2, 0) is 24.1 Å². The highest BCUT2D eigenvalue weighted by Crippen LogP contribution is 2.38. The average molecular weight is 472 g/mol. The molecule has 1 heterocycles. The van der Waals surface area contributed by atoms with Crippen LogP contribution in [0.5, 0.6) is 0 Å². The zero-order valence-electron chi connectivity index (χ0n) is 16.6. The van der Waals surface area contributed by atoms with E-state index >= 15 is 0 Å². The molecule has 1 N–H and O–H groups in total. The van der Waals surface area contributed by atoms with Crippen LogP contribution in [0.25, 0.3) is 0 Å². The van der Waals surface area contributed by atoms with Gasteiger partial charge in [0.1, 0.15) is 5.82 Å². The van der Waals surface area contributed by atoms with Crippen molar-refractivity contribution in [3.8, 4) is 0 Å². The minimum absolute atomic E-state index is 0.0854. The lowest BCUT2D eigenvalue weighted by Gasteiger charge is -2.16. The predicted molar refractivity (Wildman–Crippen MR) is 119 cm³/mol. The number of aryl methyl sites for hydroxylation is 2. The van der Waals surface area contributed by atoms with E-state index in [0.29, 0.717) is 24.0 Å². The number of hydrogen-bond acceptors (Lipinski definition) is 3. The molecule has 0 saturated heterocycles. The maximum Gasteiger partial charge on any atom is 0.307 e. The SMILES string of the molecule is O=C(O)Cc1ccc(N2C(=O)c3c(Cl)ccc(CCc4ccc(F)cc4)c3C2=O)c(Cl)c1. The van der Waals surface area contributed by atoms with Crippen molar-refractivity contribution in [1.82, 2.24) is 0 Å². The van der Waals surface area contributed by atoms with Crippen molar-refractivity contribution in [2.45, 2.75) is 19.3 Å². The van der Waals surface area contributed by atoms with Gasteiger partial charge in [-0.2, -0.15) is 0 Å². The van der Waals surface area contributed by atoms with Crippen LogP contribution in [0.15, 0.2) is 54.6 Å². The number of amides is 2. The standard InChI is InChI=1S/C24H16Cl2FNO4/c25-17-9-6-15(5-1-13-2-7-16(27)8-3-13)21-22(17)24(32)28(23(21)31)19-10-4-14(11-18(19)26)12-20(29)30/h2-4,6-11H,1,5,12H2,(H,29,30). The van der Waals surface area contributed by atoms with Crippen molar-refractivity contribution in [3.63, 3.8) is 0 Å². The van der Waals surface area contributed by atoms with Gasteiger partial charge in [-0.25, -0.2) is 9.29 Å². The number of carbonyl (C=O) groups excluding carboxylic acids is 2. The van der Waals surface area contributed by atoms with Gasteiger partial charge >= 0.3 is 5.97 Å². The van der Waals surface area contributed by atoms with E-state index in [1.807, 2.05) is 0 Å². The molecule has 0 spiro atoms. The molecule has 0 aromatic heterocycles. The molecule has 0 aliphatic carbocycles. The van der Waals surface area contributed by atoms with E-state index in [4.69, 9.17) is 28.3 Å². The van der Waals surface area contributed by atoms with E-state index in [-0.39, 0.29) is 39.1 Å². The van der Waals surface area contributed by atoms with Gasteiger partial charge in [-0.1, -0.05) is 47.5 Å². The van der Waals surface area contributed by atoms with Crippen LogP contribution in [0.3, 0.4) is 0 Å². The number of anilines is 1. The van der Waals surface area contributed by atoms with Gasteiger partial charge in [0.25, 0.3) is 11.8 Å². The van der Waals surface area contributed by atoms with Crippen LogP contribution < -0.4 is 4.90 Å². The number of halogens is 3. The van der Waals surface area contributed by atoms with Crippen LogP contribution in [0.2, 0.25) is 10.0 Å². The highest BCUT2D eigenvalue weighted by atomic mass is 35.5. The minimum atomic E-state index is -1.02. The van der Waals surface area contributed by atoms with Crippen molar-refractivity contribution >= 4 is 46.7 Å². The molecule has 162 valence electrons. The van der Waals surface area contributed by atoms with Gasteiger partial charge in [-0.15, -0.1) is 0 Å². The molecule has 0 unspecified atom stereocenters. The van der Waals surface area contributed by atoms with Gasteiger partial charge in [0, 0.05) is 0 Å². The summed E-state index contributed by atoms with van der Waals surface area (Å²) in [5.74, 6) is -2.49. The molecule has 0 radical (unpaired) electrons. The van der Waals surface area contributed by atoms with E-state index in [1.165, 1.54) is 30.3 Å². The number of carboxylic acid groups (broad SMARTS) is 1. The van der Waals surface area contributed by atoms with Gasteiger partial charge in [0.2, 0.25) is 0 Å². The van der Waals surface area contributed by atoms with Gasteiger partial charge in [0.15, 0.2) is 0 Å². The third-order valence-corrected chi connectivity index (χ3v) is 5.90. The summed E-state index contributed by atoms with van der Waals surface area (Å²) in [6.07, 6.45) is 0.755. The highest BCUT2D eigenvalue weighted by Gasteiger charge is 2.40. The first-order valence-electron chi connectivity index (χ1n) is 9.71. The Bertz CT molecular complexity index is 1260. The smallest absolute Gasteiger partial charge is 0.307 e. The number of nitrogens with zero attached hydrogens (tertiary/aromatic N) is 1. The maximum absolute atomic E-state index is 13.3. The van der Waals surface area contributed by atoms with Crippen molar-refractivity contribution in [2.24, 2.45) is 0 Å². The summed E-state index contributed by atoms with van der Waals surface area (Å²) >= 11 is 12.6. The fraction of sp³-hybridized carbons (Fsp3) is 0.125. The fourth-order valence-corrected chi connectivity index (χ4v) is 4.29. The molecule has 3 aromatic rings. The number of imide groups is 1. The first-order chi connectivity index (χ1) is 15.3. The van der Waals surface area contributed by atoms with Gasteiger partial charge in [-0.05, 0) is 59.9 Å². The number of fused-ring (bicyclic) bond motifs is 1. The Balaban J connectivity index is 1.67. The number of carbonyl (C=O) groups is 3. The Kier molecular flexibility index (Phi) is 6.00. The van der Waals surface area contributed by atoms with E-state index in [0.717, 1.165) is 10.5 Å². The fourth-order valence-electron chi connectivity index (χ4n) is 3.76. The lowest BCUT2D eigenvalue weighted by atomic mass is 9.97. The van der Waals surface area contributed by atoms with Gasteiger partial charge in [0.05, 0.1) is 33.3 Å². The average Bonchev–Trinajstić information content (AvgIpc) is 3.00. The highest BCUT2D eigenvalue weighted by molar-refractivity contribution is 6.44. The molecule has 1 aliphatic heterocycles. The zero-order valence-corrected chi connectivity index (χ0v) is 18.1. The molecular weight excluding hydrogens is 456 g/mol. The molecule has 3 aromatic carbocycles. The summed E-state index contributed by atoms with van der Waals surface area (Å²) in [6, 6.07) is 13.7. The summed E-state index contributed by atoms with van der Waals surface area (Å²) < 4.78 is 13.2. The quantitative estimate of drug-likeness (QED) is 0.492. The lowest BCUT2D eigenvalue weighted by molar-refractivity contribution is -0.136. The van der Waals surface area contributed by atoms with Crippen LogP contribution in [0.4, 0.5) is 10.1 Å². The Morgan fingerprint density at radius 2 is 1.50 bits per heavy atom. The van der Waals surface area contributed by atoms with Crippen molar-refractivity contribution in [2.75, 3.05) is 4.90 Å². The summed E-state index contributed by atoms with van der Waals surface area (Å²) in [6.45, 7) is 0. The Morgan fingerprint density at radius 3 is 2.16 bits per heavy atom. The molecule has 0 fully saturated rings. The molecule has 5 nitrogen and oxygen atoms in total. The summed E-state index contributed by atoms with van der Waals surface area (Å²) in [7, 11) is 0. The second-order valence-electron chi connectivity index (χ2n) is 7.38. The van der Waals surface area contributed by atoms with Crippen molar-refractivity contribution < 1.29 is 23.9 Å². The van der Waals surface area contributed by atoms with Crippen molar-refractivity contribution in [3.05, 3.63) is 98.3 Å². The third-order valence-electron chi connectivity index (χ3n) is 5.28. The van der Waals surface area contributed by atoms with Gasteiger partial charge < -0.3 is 5.11 Å². The van der Waals surface area contributed by atoms with Crippen molar-refractivity contribution in [1.29, 1.82) is 0 Å². The normalized spacial score (nSPS) is 12.9. The molecule has 0 atom stereocenters. The Morgan fingerprint density at radius 1 is 0.844 bits per heavy atom. The molecule has 2 amide bonds. The summed E-state index contributed by atoms with van der Waals surface area (Å²) in [5.41, 5.74) is 2.47. The van der Waals surface area contributed by atoms with Crippen LogP contribution in [0, 0.1) is 5.82 Å². The third kappa shape index (κ3) is 4.11. The minimum Gasteiger partial charge on any atom is -0.481 e. The first-order valence-corrected chi connectivity index (χ1v) is 10.5. The first kappa shape index (κ1) is 22.0. The molecular formula is C24H16Cl2FNO4. The van der Waals surface area contributed by atoms with E-state index in [2.05, 4.69) is 0 Å².